The van der Waals surface area contributed by atoms with Crippen LogP contribution < -0.4 is 11.0 Å². The number of benzene rings is 2. The number of aryl methyl sites for hydroxylation is 2. The van der Waals surface area contributed by atoms with Gasteiger partial charge in [-0.2, -0.15) is 5.10 Å². The Balaban J connectivity index is 1.62. The summed E-state index contributed by atoms with van der Waals surface area (Å²) in [6.45, 7) is 1.86. The minimum atomic E-state index is -0.289. The number of aromatic nitrogens is 5. The summed E-state index contributed by atoms with van der Waals surface area (Å²) < 4.78 is 1.69. The third kappa shape index (κ3) is 2.95. The van der Waals surface area contributed by atoms with Gasteiger partial charge in [0.25, 0.3) is 5.91 Å². The number of carbonyl (C=O) groups excluding carboxylic acids is 1. The van der Waals surface area contributed by atoms with Gasteiger partial charge in [0.15, 0.2) is 5.65 Å². The van der Waals surface area contributed by atoms with Crippen molar-refractivity contribution in [2.24, 2.45) is 7.05 Å². The van der Waals surface area contributed by atoms with E-state index in [4.69, 9.17) is 4.98 Å². The summed E-state index contributed by atoms with van der Waals surface area (Å²) in [7, 11) is 1.81. The van der Waals surface area contributed by atoms with Crippen LogP contribution in [0, 0.1) is 6.92 Å². The van der Waals surface area contributed by atoms with E-state index >= 15 is 0 Å². The van der Waals surface area contributed by atoms with Crippen molar-refractivity contribution in [1.29, 1.82) is 0 Å². The first-order valence-corrected chi connectivity index (χ1v) is 9.43. The summed E-state index contributed by atoms with van der Waals surface area (Å²) in [6.07, 6.45) is 0. The predicted molar refractivity (Wildman–Crippen MR) is 116 cm³/mol. The van der Waals surface area contributed by atoms with Crippen molar-refractivity contribution < 1.29 is 4.79 Å². The van der Waals surface area contributed by atoms with Crippen LogP contribution in [0.4, 0.5) is 5.69 Å². The average molecular weight is 398 g/mol. The molecule has 3 heterocycles. The minimum absolute atomic E-state index is 0.270. The lowest BCUT2D eigenvalue weighted by Crippen LogP contribution is -2.13. The van der Waals surface area contributed by atoms with Gasteiger partial charge in [-0.05, 0) is 31.2 Å². The van der Waals surface area contributed by atoms with E-state index in [9.17, 15) is 9.59 Å². The van der Waals surface area contributed by atoms with Crippen molar-refractivity contribution in [3.05, 3.63) is 76.3 Å². The van der Waals surface area contributed by atoms with Crippen LogP contribution >= 0.6 is 0 Å². The zero-order valence-electron chi connectivity index (χ0n) is 16.4. The summed E-state index contributed by atoms with van der Waals surface area (Å²) in [4.78, 5) is 34.9. The molecule has 0 bridgehead atoms. The third-order valence-electron chi connectivity index (χ3n) is 5.06. The number of anilines is 1. The van der Waals surface area contributed by atoms with E-state index in [0.29, 0.717) is 39.0 Å². The zero-order chi connectivity index (χ0) is 20.8. The molecule has 8 nitrogen and oxygen atoms in total. The molecule has 0 aliphatic rings. The molecule has 0 saturated carbocycles. The fourth-order valence-corrected chi connectivity index (χ4v) is 3.69. The summed E-state index contributed by atoms with van der Waals surface area (Å²) in [5, 5.41) is 8.09. The van der Waals surface area contributed by atoms with E-state index < -0.39 is 0 Å². The number of carbonyl (C=O) groups is 1. The highest BCUT2D eigenvalue weighted by Gasteiger charge is 2.19. The van der Waals surface area contributed by atoms with Crippen LogP contribution in [-0.2, 0) is 7.05 Å². The number of nitrogens with zero attached hydrogens (tertiary/aromatic N) is 3. The fourth-order valence-electron chi connectivity index (χ4n) is 3.69. The van der Waals surface area contributed by atoms with Crippen LogP contribution in [0.15, 0.2) is 59.4 Å². The van der Waals surface area contributed by atoms with Crippen molar-refractivity contribution >= 4 is 33.7 Å². The smallest absolute Gasteiger partial charge is 0.322 e. The van der Waals surface area contributed by atoms with Crippen LogP contribution in [0.5, 0.6) is 0 Å². The molecular weight excluding hydrogens is 380 g/mol. The van der Waals surface area contributed by atoms with Gasteiger partial charge in [0, 0.05) is 18.3 Å². The van der Waals surface area contributed by atoms with Gasteiger partial charge in [0.1, 0.15) is 0 Å². The van der Waals surface area contributed by atoms with Crippen molar-refractivity contribution in [2.45, 2.75) is 6.92 Å². The Morgan fingerprint density at radius 1 is 1.03 bits per heavy atom. The lowest BCUT2D eigenvalue weighted by Gasteiger charge is -2.10. The van der Waals surface area contributed by atoms with Gasteiger partial charge >= 0.3 is 5.69 Å². The number of aromatic amines is 2. The molecule has 5 rings (SSSR count). The molecular formula is C22H18N6O2. The number of hydrogen-bond donors (Lipinski definition) is 3. The second kappa shape index (κ2) is 6.70. The maximum absolute atomic E-state index is 13.3. The molecule has 5 aromatic rings. The fraction of sp³-hybridized carbons (Fsp3) is 0.0909. The minimum Gasteiger partial charge on any atom is -0.322 e. The van der Waals surface area contributed by atoms with Crippen LogP contribution in [0.3, 0.4) is 0 Å². The van der Waals surface area contributed by atoms with Crippen molar-refractivity contribution in [3.63, 3.8) is 0 Å². The molecule has 0 fully saturated rings. The Labute approximate surface area is 170 Å². The summed E-state index contributed by atoms with van der Waals surface area (Å²) >= 11 is 0. The summed E-state index contributed by atoms with van der Waals surface area (Å²) in [5.41, 5.74) is 5.07. The topological polar surface area (TPSA) is 108 Å². The quantitative estimate of drug-likeness (QED) is 0.433. The summed E-state index contributed by atoms with van der Waals surface area (Å²) in [5.74, 6) is -0.270. The standard InChI is InChI=1S/C22H18N6O2/c1-12-19-15(21(29)23-14-8-9-16-18(10-14)26-22(30)25-16)11-17(13-6-4-3-5-7-13)24-20(19)28(2)27-12/h3-11H,1-2H3,(H,23,29)(H2,25,26,30). The lowest BCUT2D eigenvalue weighted by atomic mass is 10.0. The molecule has 30 heavy (non-hydrogen) atoms. The normalized spacial score (nSPS) is 11.3. The van der Waals surface area contributed by atoms with Gasteiger partial charge in [-0.1, -0.05) is 30.3 Å². The van der Waals surface area contributed by atoms with Gasteiger partial charge < -0.3 is 15.3 Å². The van der Waals surface area contributed by atoms with E-state index in [1.807, 2.05) is 44.3 Å². The highest BCUT2D eigenvalue weighted by Crippen LogP contribution is 2.27. The average Bonchev–Trinajstić information content (AvgIpc) is 3.25. The van der Waals surface area contributed by atoms with E-state index in [1.54, 1.807) is 28.9 Å². The Kier molecular flexibility index (Phi) is 3.99. The van der Waals surface area contributed by atoms with E-state index in [-0.39, 0.29) is 11.6 Å². The molecule has 0 radical (unpaired) electrons. The Bertz CT molecular complexity index is 1480. The number of imidazole rings is 1. The second-order valence-corrected chi connectivity index (χ2v) is 7.12. The maximum atomic E-state index is 13.3. The molecule has 0 aliphatic carbocycles. The van der Waals surface area contributed by atoms with Crippen molar-refractivity contribution in [1.82, 2.24) is 24.7 Å². The first kappa shape index (κ1) is 17.9. The highest BCUT2D eigenvalue weighted by molar-refractivity contribution is 6.13. The number of H-pyrrole nitrogens is 2. The number of rotatable bonds is 3. The van der Waals surface area contributed by atoms with Crippen molar-refractivity contribution in [3.8, 4) is 11.3 Å². The SMILES string of the molecule is Cc1nn(C)c2nc(-c3ccccc3)cc(C(=O)Nc3ccc4[nH]c(=O)[nH]c4c3)c12. The van der Waals surface area contributed by atoms with Crippen LogP contribution in [-0.4, -0.2) is 30.6 Å². The third-order valence-corrected chi connectivity index (χ3v) is 5.06. The molecule has 8 heteroatoms. The molecule has 0 atom stereocenters. The Hall–Kier alpha value is -4.20. The van der Waals surface area contributed by atoms with Gasteiger partial charge in [-0.25, -0.2) is 9.78 Å². The number of pyridine rings is 1. The number of fused-ring (bicyclic) bond motifs is 2. The highest BCUT2D eigenvalue weighted by atomic mass is 16.2. The van der Waals surface area contributed by atoms with Gasteiger partial charge in [-0.15, -0.1) is 0 Å². The molecule has 3 aromatic heterocycles. The Morgan fingerprint density at radius 2 is 1.80 bits per heavy atom. The number of amides is 1. The maximum Gasteiger partial charge on any atom is 0.323 e. The summed E-state index contributed by atoms with van der Waals surface area (Å²) in [6, 6.07) is 16.7. The van der Waals surface area contributed by atoms with Gasteiger partial charge in [0.05, 0.1) is 33.4 Å². The predicted octanol–water partition coefficient (Wildman–Crippen LogP) is 3.37. The zero-order valence-corrected chi connectivity index (χ0v) is 16.4. The molecule has 0 unspecified atom stereocenters. The molecule has 3 N–H and O–H groups in total. The van der Waals surface area contributed by atoms with Crippen LogP contribution in [0.2, 0.25) is 0 Å². The van der Waals surface area contributed by atoms with E-state index in [2.05, 4.69) is 20.4 Å². The van der Waals surface area contributed by atoms with E-state index in [0.717, 1.165) is 11.3 Å². The molecule has 0 saturated heterocycles. The molecule has 1 amide bonds. The van der Waals surface area contributed by atoms with Gasteiger partial charge in [-0.3, -0.25) is 9.48 Å². The lowest BCUT2D eigenvalue weighted by molar-refractivity contribution is 0.102. The van der Waals surface area contributed by atoms with Crippen LogP contribution in [0.1, 0.15) is 16.1 Å². The first-order chi connectivity index (χ1) is 14.5. The number of hydrogen-bond acceptors (Lipinski definition) is 4. The van der Waals surface area contributed by atoms with Crippen LogP contribution in [0.25, 0.3) is 33.3 Å². The van der Waals surface area contributed by atoms with E-state index in [1.165, 1.54) is 0 Å². The van der Waals surface area contributed by atoms with Gasteiger partial charge in [0.2, 0.25) is 0 Å². The Morgan fingerprint density at radius 3 is 2.60 bits per heavy atom. The monoisotopic (exact) mass is 398 g/mol. The van der Waals surface area contributed by atoms with Crippen molar-refractivity contribution in [2.75, 3.05) is 5.32 Å². The molecule has 148 valence electrons. The second-order valence-electron chi connectivity index (χ2n) is 7.12. The number of nitrogens with one attached hydrogen (secondary N) is 3. The molecule has 0 aliphatic heterocycles. The first-order valence-electron chi connectivity index (χ1n) is 9.43. The molecule has 2 aromatic carbocycles. The molecule has 0 spiro atoms. The largest absolute Gasteiger partial charge is 0.323 e.